The van der Waals surface area contributed by atoms with Crippen LogP contribution in [0, 0.1) is 0 Å². The van der Waals surface area contributed by atoms with Gasteiger partial charge in [-0.1, -0.05) is 6.07 Å². The fourth-order valence-electron chi connectivity index (χ4n) is 0.883. The second kappa shape index (κ2) is 2.04. The van der Waals surface area contributed by atoms with E-state index in [0.717, 1.165) is 0 Å². The lowest BCUT2D eigenvalue weighted by atomic mass is 10.3. The van der Waals surface area contributed by atoms with Gasteiger partial charge in [0.25, 0.3) is 0 Å². The van der Waals surface area contributed by atoms with E-state index in [1.54, 1.807) is 0 Å². The fourth-order valence-corrected chi connectivity index (χ4v) is 1.64. The van der Waals surface area contributed by atoms with Gasteiger partial charge in [0.2, 0.25) is 5.75 Å². The van der Waals surface area contributed by atoms with E-state index in [9.17, 15) is 8.42 Å². The largest absolute Gasteiger partial charge is 0.504 e. The fraction of sp³-hybridized carbons (Fsp3) is 0. The van der Waals surface area contributed by atoms with Gasteiger partial charge in [0, 0.05) is 0 Å². The highest BCUT2D eigenvalue weighted by molar-refractivity contribution is 7.82. The topological polar surface area (TPSA) is 72.8 Å². The first-order valence-corrected chi connectivity index (χ1v) is 4.38. The molecule has 2 rings (SSSR count). The zero-order valence-electron chi connectivity index (χ0n) is 5.72. The molecule has 0 saturated heterocycles. The van der Waals surface area contributed by atoms with Crippen LogP contribution in [0.3, 0.4) is 0 Å². The Morgan fingerprint density at radius 2 is 2.00 bits per heavy atom. The number of benzene rings is 1. The molecule has 0 fully saturated rings. The van der Waals surface area contributed by atoms with Crippen molar-refractivity contribution in [1.29, 1.82) is 0 Å². The number of hydrogen-bond donors (Lipinski definition) is 1. The highest BCUT2D eigenvalue weighted by Gasteiger charge is 2.30. The molecule has 0 bridgehead atoms. The standard InChI is InChI=1S/C6H4O5S/c7-4-2-1-3-5-6(4)11-12(8,9)10-5/h1-3,7H. The van der Waals surface area contributed by atoms with Crippen LogP contribution >= 0.6 is 0 Å². The SMILES string of the molecule is O=S1(=O)Oc2cccc(O)c2O1. The van der Waals surface area contributed by atoms with Crippen LogP contribution in [0.5, 0.6) is 17.2 Å². The van der Waals surface area contributed by atoms with Gasteiger partial charge >= 0.3 is 10.4 Å². The summed E-state index contributed by atoms with van der Waals surface area (Å²) in [6, 6.07) is 4.15. The lowest BCUT2D eigenvalue weighted by Gasteiger charge is -1.93. The molecule has 1 N–H and O–H groups in total. The first kappa shape index (κ1) is 7.23. The monoisotopic (exact) mass is 188 g/mol. The molecule has 1 aliphatic heterocycles. The molecule has 64 valence electrons. The van der Waals surface area contributed by atoms with E-state index in [1.807, 2.05) is 0 Å². The van der Waals surface area contributed by atoms with Crippen molar-refractivity contribution < 1.29 is 21.9 Å². The summed E-state index contributed by atoms with van der Waals surface area (Å²) >= 11 is 0. The number of phenols is 1. The third kappa shape index (κ3) is 0.964. The summed E-state index contributed by atoms with van der Waals surface area (Å²) in [6.07, 6.45) is 0. The maximum atomic E-state index is 10.7. The predicted molar refractivity (Wildman–Crippen MR) is 38.3 cm³/mol. The van der Waals surface area contributed by atoms with Crippen molar-refractivity contribution in [2.75, 3.05) is 0 Å². The Balaban J connectivity index is 2.63. The molecule has 1 aromatic rings. The summed E-state index contributed by atoms with van der Waals surface area (Å²) in [6.45, 7) is 0. The van der Waals surface area contributed by atoms with Crippen molar-refractivity contribution in [3.63, 3.8) is 0 Å². The Bertz CT molecular complexity index is 422. The maximum Gasteiger partial charge on any atom is 0.501 e. The zero-order valence-corrected chi connectivity index (χ0v) is 6.54. The lowest BCUT2D eigenvalue weighted by Crippen LogP contribution is -2.08. The lowest BCUT2D eigenvalue weighted by molar-refractivity contribution is 0.419. The Labute approximate surface area is 68.5 Å². The quantitative estimate of drug-likeness (QED) is 0.638. The average molecular weight is 188 g/mol. The molecular weight excluding hydrogens is 184 g/mol. The number of aromatic hydroxyl groups is 1. The first-order valence-electron chi connectivity index (χ1n) is 3.04. The third-order valence-corrected chi connectivity index (χ3v) is 2.09. The van der Waals surface area contributed by atoms with E-state index in [-0.39, 0.29) is 17.2 Å². The molecule has 0 aliphatic carbocycles. The Kier molecular flexibility index (Phi) is 1.23. The second-order valence-corrected chi connectivity index (χ2v) is 3.33. The molecule has 0 spiro atoms. The Morgan fingerprint density at radius 3 is 2.67 bits per heavy atom. The summed E-state index contributed by atoms with van der Waals surface area (Å²) in [5.41, 5.74) is 0. The highest BCUT2D eigenvalue weighted by atomic mass is 32.3. The molecule has 1 aromatic carbocycles. The molecule has 0 atom stereocenters. The molecule has 0 unspecified atom stereocenters. The van der Waals surface area contributed by atoms with Crippen LogP contribution in [0.15, 0.2) is 18.2 Å². The van der Waals surface area contributed by atoms with Gasteiger partial charge in [-0.25, -0.2) is 0 Å². The zero-order chi connectivity index (χ0) is 8.77. The second-order valence-electron chi connectivity index (χ2n) is 2.18. The molecule has 1 heterocycles. The summed E-state index contributed by atoms with van der Waals surface area (Å²) in [7, 11) is -3.99. The maximum absolute atomic E-state index is 10.7. The van der Waals surface area contributed by atoms with E-state index in [2.05, 4.69) is 8.37 Å². The van der Waals surface area contributed by atoms with E-state index in [4.69, 9.17) is 5.11 Å². The van der Waals surface area contributed by atoms with Crippen molar-refractivity contribution >= 4 is 10.4 Å². The van der Waals surface area contributed by atoms with Crippen LogP contribution in [0.2, 0.25) is 0 Å². The molecule has 0 aromatic heterocycles. The number of phenolic OH excluding ortho intramolecular Hbond substituents is 1. The van der Waals surface area contributed by atoms with Crippen molar-refractivity contribution in [3.8, 4) is 17.2 Å². The van der Waals surface area contributed by atoms with Gasteiger partial charge in [0.05, 0.1) is 0 Å². The van der Waals surface area contributed by atoms with E-state index in [0.29, 0.717) is 0 Å². The van der Waals surface area contributed by atoms with Crippen molar-refractivity contribution in [1.82, 2.24) is 0 Å². The summed E-state index contributed by atoms with van der Waals surface area (Å²) in [5.74, 6) is -0.402. The minimum absolute atomic E-state index is 0.00926. The smallest absolute Gasteiger partial charge is 0.501 e. The van der Waals surface area contributed by atoms with Gasteiger partial charge in [0.1, 0.15) is 0 Å². The number of para-hydroxylation sites is 1. The van der Waals surface area contributed by atoms with Crippen LogP contribution in [-0.4, -0.2) is 13.5 Å². The first-order chi connectivity index (χ1) is 5.58. The predicted octanol–water partition coefficient (Wildman–Crippen LogP) is 0.408. The minimum Gasteiger partial charge on any atom is -0.504 e. The molecule has 1 aliphatic rings. The van der Waals surface area contributed by atoms with E-state index in [1.165, 1.54) is 18.2 Å². The molecule has 12 heavy (non-hydrogen) atoms. The van der Waals surface area contributed by atoms with E-state index >= 15 is 0 Å². The number of hydrogen-bond acceptors (Lipinski definition) is 5. The Morgan fingerprint density at radius 1 is 1.25 bits per heavy atom. The van der Waals surface area contributed by atoms with Crippen molar-refractivity contribution in [2.45, 2.75) is 0 Å². The van der Waals surface area contributed by atoms with Crippen LogP contribution in [0.1, 0.15) is 0 Å². The summed E-state index contributed by atoms with van der Waals surface area (Å²) in [4.78, 5) is 0. The third-order valence-electron chi connectivity index (χ3n) is 1.34. The molecule has 5 nitrogen and oxygen atoms in total. The number of rotatable bonds is 0. The average Bonchev–Trinajstić information content (AvgIpc) is 2.25. The van der Waals surface area contributed by atoms with Gasteiger partial charge in [-0.05, 0) is 12.1 Å². The Hall–Kier alpha value is -1.43. The van der Waals surface area contributed by atoms with Crippen molar-refractivity contribution in [2.24, 2.45) is 0 Å². The van der Waals surface area contributed by atoms with Gasteiger partial charge in [-0.2, -0.15) is 0 Å². The van der Waals surface area contributed by atoms with Gasteiger partial charge < -0.3 is 13.5 Å². The molecule has 0 radical (unpaired) electrons. The molecule has 0 saturated carbocycles. The van der Waals surface area contributed by atoms with Gasteiger partial charge in [0.15, 0.2) is 11.5 Å². The van der Waals surface area contributed by atoms with E-state index < -0.39 is 10.4 Å². The molecule has 0 amide bonds. The molecular formula is C6H4O5S. The van der Waals surface area contributed by atoms with Crippen LogP contribution in [-0.2, 0) is 10.4 Å². The number of fused-ring (bicyclic) bond motifs is 1. The highest BCUT2D eigenvalue weighted by Crippen LogP contribution is 2.42. The normalized spacial score (nSPS) is 17.7. The van der Waals surface area contributed by atoms with Crippen LogP contribution in [0.25, 0.3) is 0 Å². The van der Waals surface area contributed by atoms with Crippen LogP contribution in [0.4, 0.5) is 0 Å². The molecule has 6 heteroatoms. The minimum atomic E-state index is -3.99. The van der Waals surface area contributed by atoms with Gasteiger partial charge in [-0.15, -0.1) is 8.42 Å². The summed E-state index contributed by atoms with van der Waals surface area (Å²) in [5, 5.41) is 9.09. The van der Waals surface area contributed by atoms with Crippen LogP contribution < -0.4 is 8.37 Å². The van der Waals surface area contributed by atoms with Gasteiger partial charge in [-0.3, -0.25) is 0 Å². The summed E-state index contributed by atoms with van der Waals surface area (Å²) < 4.78 is 30.1. The van der Waals surface area contributed by atoms with Crippen molar-refractivity contribution in [3.05, 3.63) is 18.2 Å².